The number of halogens is 2. The lowest BCUT2D eigenvalue weighted by Gasteiger charge is -2.21. The Bertz CT molecular complexity index is 462. The van der Waals surface area contributed by atoms with Crippen molar-refractivity contribution in [3.8, 4) is 0 Å². The van der Waals surface area contributed by atoms with Gasteiger partial charge in [-0.3, -0.25) is 4.79 Å². The molecule has 0 aliphatic heterocycles. The number of carbonyl (C=O) groups excluding carboxylic acids is 1. The van der Waals surface area contributed by atoms with Crippen LogP contribution in [0.4, 0.5) is 0 Å². The van der Waals surface area contributed by atoms with Gasteiger partial charge in [-0.2, -0.15) is 0 Å². The van der Waals surface area contributed by atoms with Gasteiger partial charge in [-0.1, -0.05) is 17.7 Å². The number of benzene rings is 1. The summed E-state index contributed by atoms with van der Waals surface area (Å²) in [6.07, 6.45) is 1.69. The molecule has 1 aliphatic carbocycles. The van der Waals surface area contributed by atoms with Crippen molar-refractivity contribution in [1.82, 2.24) is 4.90 Å². The third-order valence-corrected chi connectivity index (χ3v) is 4.45. The van der Waals surface area contributed by atoms with Gasteiger partial charge in [-0.15, -0.1) is 0 Å². The molecule has 1 aliphatic rings. The lowest BCUT2D eigenvalue weighted by atomic mass is 10.1. The zero-order chi connectivity index (χ0) is 13.3. The summed E-state index contributed by atoms with van der Waals surface area (Å²) in [5, 5.41) is 10.3. The normalized spacial score (nSPS) is 16.4. The summed E-state index contributed by atoms with van der Waals surface area (Å²) in [4.78, 5) is 13.7. The minimum absolute atomic E-state index is 0.166. The summed E-state index contributed by atoms with van der Waals surface area (Å²) in [7, 11) is 1.69. The number of likely N-dealkylation sites (N-methyl/N-ethyl adjacent to an activating group) is 1. The molecule has 3 nitrogen and oxygen atoms in total. The largest absolute Gasteiger partial charge is 0.391 e. The van der Waals surface area contributed by atoms with Crippen molar-refractivity contribution in [1.29, 1.82) is 0 Å². The Labute approximate surface area is 120 Å². The van der Waals surface area contributed by atoms with E-state index in [0.717, 1.165) is 12.8 Å². The van der Waals surface area contributed by atoms with Crippen LogP contribution in [0.2, 0.25) is 5.02 Å². The zero-order valence-electron chi connectivity index (χ0n) is 10.1. The molecule has 0 bridgehead atoms. The van der Waals surface area contributed by atoms with Crippen LogP contribution < -0.4 is 0 Å². The van der Waals surface area contributed by atoms with Crippen LogP contribution in [0.5, 0.6) is 0 Å². The standard InChI is InChI=1S/C13H15BrClNO2/c1-16(7-11(17)8-5-6-8)13(18)9-3-2-4-10(14)12(9)15/h2-4,8,11,17H,5-7H2,1H3/t11-/m1/s1. The molecule has 1 amide bonds. The highest BCUT2D eigenvalue weighted by Gasteiger charge is 2.31. The fourth-order valence-electron chi connectivity index (χ4n) is 1.87. The lowest BCUT2D eigenvalue weighted by Crippen LogP contribution is -2.35. The predicted octanol–water partition coefficient (Wildman–Crippen LogP) is 2.95. The van der Waals surface area contributed by atoms with Crippen molar-refractivity contribution in [2.75, 3.05) is 13.6 Å². The van der Waals surface area contributed by atoms with E-state index in [2.05, 4.69) is 15.9 Å². The van der Waals surface area contributed by atoms with Crippen LogP contribution >= 0.6 is 27.5 Å². The van der Waals surface area contributed by atoms with Gasteiger partial charge < -0.3 is 10.0 Å². The van der Waals surface area contributed by atoms with E-state index in [9.17, 15) is 9.90 Å². The number of aliphatic hydroxyl groups excluding tert-OH is 1. The summed E-state index contributed by atoms with van der Waals surface area (Å²) in [6, 6.07) is 5.25. The first-order valence-electron chi connectivity index (χ1n) is 5.88. The molecular formula is C13H15BrClNO2. The first-order valence-corrected chi connectivity index (χ1v) is 7.05. The van der Waals surface area contributed by atoms with Crippen molar-refractivity contribution in [3.63, 3.8) is 0 Å². The van der Waals surface area contributed by atoms with Crippen LogP contribution in [0.15, 0.2) is 22.7 Å². The molecule has 98 valence electrons. The first kappa shape index (κ1) is 13.8. The van der Waals surface area contributed by atoms with Crippen LogP contribution in [0.1, 0.15) is 23.2 Å². The highest BCUT2D eigenvalue weighted by Crippen LogP contribution is 2.33. The van der Waals surface area contributed by atoms with Gasteiger partial charge >= 0.3 is 0 Å². The Morgan fingerprint density at radius 1 is 1.61 bits per heavy atom. The molecule has 2 rings (SSSR count). The monoisotopic (exact) mass is 331 g/mol. The third kappa shape index (κ3) is 3.05. The summed E-state index contributed by atoms with van der Waals surface area (Å²) in [5.41, 5.74) is 0.455. The molecule has 1 atom stereocenters. The fraction of sp³-hybridized carbons (Fsp3) is 0.462. The van der Waals surface area contributed by atoms with E-state index in [4.69, 9.17) is 11.6 Å². The molecule has 0 spiro atoms. The van der Waals surface area contributed by atoms with Gasteiger partial charge in [0.1, 0.15) is 0 Å². The topological polar surface area (TPSA) is 40.5 Å². The number of carbonyl (C=O) groups is 1. The average molecular weight is 333 g/mol. The van der Waals surface area contributed by atoms with Crippen molar-refractivity contribution >= 4 is 33.4 Å². The highest BCUT2D eigenvalue weighted by molar-refractivity contribution is 9.10. The lowest BCUT2D eigenvalue weighted by molar-refractivity contribution is 0.0645. The zero-order valence-corrected chi connectivity index (χ0v) is 12.4. The molecule has 0 radical (unpaired) electrons. The first-order chi connectivity index (χ1) is 8.50. The minimum atomic E-state index is -0.426. The SMILES string of the molecule is CN(C[C@@H](O)C1CC1)C(=O)c1cccc(Br)c1Cl. The summed E-state index contributed by atoms with van der Waals surface area (Å²) >= 11 is 9.38. The Kier molecular flexibility index (Phi) is 4.30. The van der Waals surface area contributed by atoms with Gasteiger partial charge in [-0.25, -0.2) is 0 Å². The van der Waals surface area contributed by atoms with Crippen LogP contribution in [0.25, 0.3) is 0 Å². The molecule has 1 aromatic rings. The van der Waals surface area contributed by atoms with Crippen LogP contribution in [0, 0.1) is 5.92 Å². The highest BCUT2D eigenvalue weighted by atomic mass is 79.9. The molecule has 0 heterocycles. The molecule has 1 aromatic carbocycles. The maximum atomic E-state index is 12.2. The quantitative estimate of drug-likeness (QED) is 0.921. The van der Waals surface area contributed by atoms with Crippen molar-refractivity contribution in [3.05, 3.63) is 33.3 Å². The van der Waals surface area contributed by atoms with E-state index in [-0.39, 0.29) is 5.91 Å². The Hall–Kier alpha value is -0.580. The second kappa shape index (κ2) is 5.59. The van der Waals surface area contributed by atoms with E-state index in [1.54, 1.807) is 25.2 Å². The predicted molar refractivity (Wildman–Crippen MR) is 74.8 cm³/mol. The van der Waals surface area contributed by atoms with E-state index >= 15 is 0 Å². The minimum Gasteiger partial charge on any atom is -0.391 e. The fourth-order valence-corrected chi connectivity index (χ4v) is 2.44. The second-order valence-electron chi connectivity index (χ2n) is 4.69. The third-order valence-electron chi connectivity index (χ3n) is 3.16. The second-order valence-corrected chi connectivity index (χ2v) is 5.92. The van der Waals surface area contributed by atoms with E-state index in [0.29, 0.717) is 27.5 Å². The van der Waals surface area contributed by atoms with E-state index < -0.39 is 6.10 Å². The number of rotatable bonds is 4. The summed E-state index contributed by atoms with van der Waals surface area (Å²) < 4.78 is 0.700. The van der Waals surface area contributed by atoms with Crippen molar-refractivity contribution < 1.29 is 9.90 Å². The number of nitrogens with zero attached hydrogens (tertiary/aromatic N) is 1. The molecular weight excluding hydrogens is 318 g/mol. The van der Waals surface area contributed by atoms with Crippen LogP contribution in [0.3, 0.4) is 0 Å². The Morgan fingerprint density at radius 2 is 2.28 bits per heavy atom. The molecule has 0 saturated heterocycles. The Balaban J connectivity index is 2.07. The van der Waals surface area contributed by atoms with Crippen molar-refractivity contribution in [2.45, 2.75) is 18.9 Å². The number of hydrogen-bond acceptors (Lipinski definition) is 2. The molecule has 0 aromatic heterocycles. The summed E-state index contributed by atoms with van der Waals surface area (Å²) in [6.45, 7) is 0.354. The van der Waals surface area contributed by atoms with Gasteiger partial charge in [0, 0.05) is 18.1 Å². The maximum Gasteiger partial charge on any atom is 0.255 e. The van der Waals surface area contributed by atoms with Crippen molar-refractivity contribution in [2.24, 2.45) is 5.92 Å². The molecule has 5 heteroatoms. The van der Waals surface area contributed by atoms with Crippen LogP contribution in [-0.2, 0) is 0 Å². The van der Waals surface area contributed by atoms with Gasteiger partial charge in [0.05, 0.1) is 16.7 Å². The molecule has 1 N–H and O–H groups in total. The smallest absolute Gasteiger partial charge is 0.255 e. The average Bonchev–Trinajstić information content (AvgIpc) is 3.15. The van der Waals surface area contributed by atoms with Gasteiger partial charge in [0.2, 0.25) is 0 Å². The summed E-state index contributed by atoms with van der Waals surface area (Å²) in [5.74, 6) is 0.194. The maximum absolute atomic E-state index is 12.2. The molecule has 0 unspecified atom stereocenters. The van der Waals surface area contributed by atoms with Gasteiger partial charge in [0.15, 0.2) is 0 Å². The molecule has 1 saturated carbocycles. The van der Waals surface area contributed by atoms with Gasteiger partial charge in [-0.05, 0) is 46.8 Å². The number of hydrogen-bond donors (Lipinski definition) is 1. The number of aliphatic hydroxyl groups is 1. The van der Waals surface area contributed by atoms with E-state index in [1.807, 2.05) is 0 Å². The number of amides is 1. The molecule has 18 heavy (non-hydrogen) atoms. The molecule has 1 fully saturated rings. The van der Waals surface area contributed by atoms with Gasteiger partial charge in [0.25, 0.3) is 5.91 Å². The van der Waals surface area contributed by atoms with Crippen LogP contribution in [-0.4, -0.2) is 35.6 Å². The van der Waals surface area contributed by atoms with E-state index in [1.165, 1.54) is 4.90 Å². The Morgan fingerprint density at radius 3 is 2.89 bits per heavy atom.